The minimum atomic E-state index is -0.0386. The number of para-hydroxylation sites is 2. The number of nitrogens with zero attached hydrogens (tertiary/aromatic N) is 2. The van der Waals surface area contributed by atoms with Gasteiger partial charge in [0.25, 0.3) is 0 Å². The predicted molar refractivity (Wildman–Crippen MR) is 244 cm³/mol. The average molecular weight is 766 g/mol. The number of aromatic nitrogens is 1. The molecule has 2 unspecified atom stereocenters. The Labute approximate surface area is 337 Å². The molecule has 12 rings (SSSR count). The Morgan fingerprint density at radius 2 is 1.26 bits per heavy atom. The maximum atomic E-state index is 5.18. The second-order valence-electron chi connectivity index (χ2n) is 15.1. The van der Waals surface area contributed by atoms with Gasteiger partial charge in [0.15, 0.2) is 0 Å². The van der Waals surface area contributed by atoms with Crippen molar-refractivity contribution in [3.63, 3.8) is 0 Å². The van der Waals surface area contributed by atoms with Crippen molar-refractivity contribution in [1.29, 1.82) is 0 Å². The SMILES string of the molecule is C1=C(C2C=c3sc4c(-c5ccc6c(c5)sc5c(-n7c8ccccc8c8ccccc87)cccc56)cccc4c3=CC2)NC(c2ccccc2)=NC1c1ccccc1. The van der Waals surface area contributed by atoms with Crippen LogP contribution in [0.1, 0.15) is 23.6 Å². The first-order valence-corrected chi connectivity index (χ1v) is 21.2. The maximum absolute atomic E-state index is 5.18. The molecule has 0 saturated heterocycles. The molecule has 0 radical (unpaired) electrons. The summed E-state index contributed by atoms with van der Waals surface area (Å²) in [4.78, 5) is 5.18. The largest absolute Gasteiger partial charge is 0.343 e. The quantitative estimate of drug-likeness (QED) is 0.186. The lowest BCUT2D eigenvalue weighted by atomic mass is 9.92. The van der Waals surface area contributed by atoms with E-state index in [2.05, 4.69) is 192 Å². The van der Waals surface area contributed by atoms with Gasteiger partial charge in [-0.25, -0.2) is 0 Å². The minimum absolute atomic E-state index is 0.0386. The summed E-state index contributed by atoms with van der Waals surface area (Å²) in [6.45, 7) is 0. The van der Waals surface area contributed by atoms with Crippen LogP contribution in [0.3, 0.4) is 0 Å². The summed E-state index contributed by atoms with van der Waals surface area (Å²) < 4.78 is 7.77. The fourth-order valence-electron chi connectivity index (χ4n) is 9.08. The molecule has 10 aromatic rings. The van der Waals surface area contributed by atoms with Crippen LogP contribution < -0.4 is 15.1 Å². The normalized spacial score (nSPS) is 16.6. The summed E-state index contributed by atoms with van der Waals surface area (Å²) in [7, 11) is 0. The van der Waals surface area contributed by atoms with Gasteiger partial charge >= 0.3 is 0 Å². The molecule has 5 heteroatoms. The van der Waals surface area contributed by atoms with Gasteiger partial charge in [-0.15, -0.1) is 22.7 Å². The number of rotatable bonds is 5. The zero-order valence-electron chi connectivity index (χ0n) is 30.9. The van der Waals surface area contributed by atoms with Crippen LogP contribution in [0.2, 0.25) is 0 Å². The van der Waals surface area contributed by atoms with Crippen molar-refractivity contribution in [2.24, 2.45) is 10.9 Å². The third-order valence-corrected chi connectivity index (χ3v) is 14.2. The standard InChI is InChI=1S/C52H35N3S2/c1-3-13-32(14-4-1)43-31-44(54-52(53-43)33-15-5-2-6-16-33)35-26-28-39-41-20-11-19-36(50(41)56-49(39)30-35)34-25-27-40-42-21-12-24-47(51(42)57-48(40)29-34)55-45-22-9-7-17-37(45)38-18-8-10-23-46(38)55/h1-25,27-31,35,43H,26H2,(H,53,54). The van der Waals surface area contributed by atoms with Crippen LogP contribution in [-0.4, -0.2) is 10.4 Å². The summed E-state index contributed by atoms with van der Waals surface area (Å²) >= 11 is 3.83. The first-order valence-electron chi connectivity index (χ1n) is 19.6. The Morgan fingerprint density at radius 3 is 2.07 bits per heavy atom. The van der Waals surface area contributed by atoms with E-state index in [1.165, 1.54) is 89.9 Å². The summed E-state index contributed by atoms with van der Waals surface area (Å²) in [5.74, 6) is 1.16. The highest BCUT2D eigenvalue weighted by Gasteiger charge is 2.24. The lowest BCUT2D eigenvalue weighted by Gasteiger charge is -2.27. The summed E-state index contributed by atoms with van der Waals surface area (Å²) in [6, 6.07) is 59.4. The van der Waals surface area contributed by atoms with Gasteiger partial charge in [0.1, 0.15) is 5.84 Å². The fourth-order valence-corrected chi connectivity index (χ4v) is 11.7. The van der Waals surface area contributed by atoms with E-state index in [9.17, 15) is 0 Å². The Hall–Kier alpha value is -6.53. The molecular formula is C52H35N3S2. The molecule has 2 atom stereocenters. The molecule has 1 N–H and O–H groups in total. The van der Waals surface area contributed by atoms with Gasteiger partial charge in [-0.05, 0) is 58.7 Å². The van der Waals surface area contributed by atoms with Gasteiger partial charge in [-0.2, -0.15) is 0 Å². The average Bonchev–Trinajstić information content (AvgIpc) is 3.96. The van der Waals surface area contributed by atoms with E-state index in [4.69, 9.17) is 4.99 Å². The Balaban J connectivity index is 0.950. The van der Waals surface area contributed by atoms with Crippen molar-refractivity contribution in [2.75, 3.05) is 0 Å². The van der Waals surface area contributed by atoms with Crippen molar-refractivity contribution in [3.8, 4) is 16.8 Å². The first-order chi connectivity index (χ1) is 28.2. The third kappa shape index (κ3) is 5.27. The molecule has 57 heavy (non-hydrogen) atoms. The molecule has 0 bridgehead atoms. The van der Waals surface area contributed by atoms with Gasteiger partial charge in [0, 0.05) is 58.0 Å². The Kier molecular flexibility index (Phi) is 7.47. The van der Waals surface area contributed by atoms with Gasteiger partial charge in [0.05, 0.1) is 27.5 Å². The number of allylic oxidation sites excluding steroid dienone is 1. The highest BCUT2D eigenvalue weighted by Crippen LogP contribution is 2.43. The number of hydrogen-bond acceptors (Lipinski definition) is 4. The van der Waals surface area contributed by atoms with E-state index >= 15 is 0 Å². The van der Waals surface area contributed by atoms with Crippen molar-refractivity contribution < 1.29 is 0 Å². The van der Waals surface area contributed by atoms with E-state index in [-0.39, 0.29) is 12.0 Å². The predicted octanol–water partition coefficient (Wildman–Crippen LogP) is 12.3. The molecule has 2 aliphatic rings. The van der Waals surface area contributed by atoms with Crippen molar-refractivity contribution >= 4 is 92.7 Å². The topological polar surface area (TPSA) is 29.3 Å². The Bertz CT molecular complexity index is 3370. The number of fused-ring (bicyclic) bond motifs is 9. The lowest BCUT2D eigenvalue weighted by Crippen LogP contribution is -2.34. The second-order valence-corrected chi connectivity index (χ2v) is 17.2. The first kappa shape index (κ1) is 32.7. The highest BCUT2D eigenvalue weighted by molar-refractivity contribution is 7.26. The monoisotopic (exact) mass is 765 g/mol. The lowest BCUT2D eigenvalue weighted by molar-refractivity contribution is 0.732. The van der Waals surface area contributed by atoms with Crippen LogP contribution in [0.15, 0.2) is 181 Å². The molecule has 1 aliphatic carbocycles. The molecule has 0 spiro atoms. The number of nitrogens with one attached hydrogen (secondary N) is 1. The summed E-state index contributed by atoms with van der Waals surface area (Å²) in [6.07, 6.45) is 8.22. The third-order valence-electron chi connectivity index (χ3n) is 11.8. The van der Waals surface area contributed by atoms with Crippen LogP contribution in [0.4, 0.5) is 0 Å². The number of thiophene rings is 2. The second kappa shape index (κ2) is 13.0. The van der Waals surface area contributed by atoms with E-state index in [1.54, 1.807) is 0 Å². The summed E-state index contributed by atoms with van der Waals surface area (Å²) in [5, 5.41) is 11.7. The molecule has 1 aliphatic heterocycles. The number of amidine groups is 1. The number of hydrogen-bond donors (Lipinski definition) is 1. The van der Waals surface area contributed by atoms with E-state index in [1.807, 2.05) is 22.7 Å². The molecule has 3 aromatic heterocycles. The summed E-state index contributed by atoms with van der Waals surface area (Å²) in [5.41, 5.74) is 9.80. The number of benzene rings is 7. The van der Waals surface area contributed by atoms with E-state index in [0.717, 1.165) is 17.8 Å². The fraction of sp³-hybridized carbons (Fsp3) is 0.0577. The van der Waals surface area contributed by atoms with Gasteiger partial charge < -0.3 is 9.88 Å². The number of aliphatic imine (C=N–C) groups is 1. The molecule has 3 nitrogen and oxygen atoms in total. The smallest absolute Gasteiger partial charge is 0.133 e. The van der Waals surface area contributed by atoms with E-state index < -0.39 is 0 Å². The van der Waals surface area contributed by atoms with Crippen molar-refractivity contribution in [3.05, 3.63) is 196 Å². The molecule has 4 heterocycles. The van der Waals surface area contributed by atoms with Crippen LogP contribution in [0, 0.1) is 5.92 Å². The molecule has 0 saturated carbocycles. The van der Waals surface area contributed by atoms with Crippen molar-refractivity contribution in [1.82, 2.24) is 9.88 Å². The van der Waals surface area contributed by atoms with Gasteiger partial charge in [-0.1, -0.05) is 152 Å². The van der Waals surface area contributed by atoms with E-state index in [0.29, 0.717) is 0 Å². The molecular weight excluding hydrogens is 731 g/mol. The highest BCUT2D eigenvalue weighted by atomic mass is 32.1. The van der Waals surface area contributed by atoms with Gasteiger partial charge in [-0.3, -0.25) is 4.99 Å². The zero-order chi connectivity index (χ0) is 37.5. The Morgan fingerprint density at radius 1 is 0.561 bits per heavy atom. The van der Waals surface area contributed by atoms with Crippen LogP contribution in [0.25, 0.3) is 81.0 Å². The molecule has 0 amide bonds. The maximum Gasteiger partial charge on any atom is 0.133 e. The van der Waals surface area contributed by atoms with Gasteiger partial charge in [0.2, 0.25) is 0 Å². The molecule has 7 aromatic carbocycles. The zero-order valence-corrected chi connectivity index (χ0v) is 32.5. The van der Waals surface area contributed by atoms with Crippen LogP contribution in [-0.2, 0) is 0 Å². The molecule has 270 valence electrons. The molecule has 0 fully saturated rings. The van der Waals surface area contributed by atoms with Crippen molar-refractivity contribution in [2.45, 2.75) is 12.5 Å². The van der Waals surface area contributed by atoms with Crippen LogP contribution in [0.5, 0.6) is 0 Å². The van der Waals surface area contributed by atoms with Crippen LogP contribution >= 0.6 is 22.7 Å². The minimum Gasteiger partial charge on any atom is -0.343 e.